The molecule has 0 unspecified atom stereocenters. The number of ether oxygens (including phenoxy) is 2. The van der Waals surface area contributed by atoms with Gasteiger partial charge in [-0.2, -0.15) is 0 Å². The van der Waals surface area contributed by atoms with Gasteiger partial charge in [0.2, 0.25) is 5.60 Å². The molecule has 0 radical (unpaired) electrons. The van der Waals surface area contributed by atoms with Crippen molar-refractivity contribution in [1.29, 1.82) is 0 Å². The molecule has 0 spiro atoms. The van der Waals surface area contributed by atoms with Crippen molar-refractivity contribution in [2.75, 3.05) is 13.2 Å². The molecule has 2 atom stereocenters. The standard InChI is InChI=1S/C22H18N2O6/c1-2-22(28)15-10-17-18-13(9-12-5-3-4-6-16(12)23-18)20(29-8-7-25)24(17)19(26)14(15)11-30-21(22)27/h2-6,9-10,20,25,28H,1,7-8,11H2/t20-,22-/m0/s1. The first-order valence-electron chi connectivity index (χ1n) is 9.44. The Hall–Kier alpha value is -3.33. The largest absolute Gasteiger partial charge is 0.458 e. The van der Waals surface area contributed by atoms with Crippen molar-refractivity contribution in [3.8, 4) is 11.4 Å². The third-order valence-corrected chi connectivity index (χ3v) is 5.57. The molecule has 8 nitrogen and oxygen atoms in total. The number of hydrogen-bond acceptors (Lipinski definition) is 7. The lowest BCUT2D eigenvalue weighted by molar-refractivity contribution is -0.165. The summed E-state index contributed by atoms with van der Waals surface area (Å²) < 4.78 is 12.3. The minimum atomic E-state index is -2.12. The lowest BCUT2D eigenvalue weighted by Crippen LogP contribution is -2.43. The van der Waals surface area contributed by atoms with Gasteiger partial charge in [-0.05, 0) is 24.3 Å². The number of carbonyl (C=O) groups is 1. The van der Waals surface area contributed by atoms with E-state index in [1.165, 1.54) is 4.57 Å². The Morgan fingerprint density at radius 3 is 2.90 bits per heavy atom. The highest BCUT2D eigenvalue weighted by Crippen LogP contribution is 2.42. The van der Waals surface area contributed by atoms with Gasteiger partial charge in [-0.25, -0.2) is 9.78 Å². The molecule has 5 rings (SSSR count). The summed E-state index contributed by atoms with van der Waals surface area (Å²) in [6, 6.07) is 11.0. The fraction of sp³-hybridized carbons (Fsp3) is 0.227. The van der Waals surface area contributed by atoms with Crippen LogP contribution in [-0.4, -0.2) is 38.9 Å². The number of esters is 1. The summed E-state index contributed by atoms with van der Waals surface area (Å²) in [5.41, 5.74) is 0.0257. The van der Waals surface area contributed by atoms with Crippen LogP contribution in [0.5, 0.6) is 0 Å². The van der Waals surface area contributed by atoms with Crippen molar-refractivity contribution in [2.45, 2.75) is 18.4 Å². The van der Waals surface area contributed by atoms with Crippen LogP contribution in [0.4, 0.5) is 0 Å². The van der Waals surface area contributed by atoms with E-state index in [4.69, 9.17) is 14.5 Å². The molecule has 2 aromatic heterocycles. The van der Waals surface area contributed by atoms with Gasteiger partial charge >= 0.3 is 5.97 Å². The van der Waals surface area contributed by atoms with Crippen molar-refractivity contribution >= 4 is 16.9 Å². The van der Waals surface area contributed by atoms with Gasteiger partial charge in [0.1, 0.15) is 6.61 Å². The lowest BCUT2D eigenvalue weighted by Gasteiger charge is -2.30. The van der Waals surface area contributed by atoms with Crippen LogP contribution in [0.25, 0.3) is 22.3 Å². The Balaban J connectivity index is 1.83. The first-order chi connectivity index (χ1) is 14.5. The molecule has 2 aliphatic heterocycles. The van der Waals surface area contributed by atoms with Crippen LogP contribution in [-0.2, 0) is 26.5 Å². The third kappa shape index (κ3) is 2.41. The van der Waals surface area contributed by atoms with Crippen LogP contribution in [0.2, 0.25) is 0 Å². The number of cyclic esters (lactones) is 1. The van der Waals surface area contributed by atoms with Gasteiger partial charge in [0, 0.05) is 16.5 Å². The SMILES string of the molecule is C=C[C@@]1(O)C(=O)OCc2c1cc1n(c2=O)[C@@H](OCCO)c2cc3ccccc3nc2-1. The zero-order valence-electron chi connectivity index (χ0n) is 15.9. The summed E-state index contributed by atoms with van der Waals surface area (Å²) in [7, 11) is 0. The summed E-state index contributed by atoms with van der Waals surface area (Å²) >= 11 is 0. The van der Waals surface area contributed by atoms with E-state index in [1.807, 2.05) is 30.3 Å². The maximum atomic E-state index is 13.4. The van der Waals surface area contributed by atoms with Gasteiger partial charge in [0.25, 0.3) is 5.56 Å². The number of carbonyl (C=O) groups excluding carboxylic acids is 1. The summed E-state index contributed by atoms with van der Waals surface area (Å²) in [5.74, 6) is -0.882. The van der Waals surface area contributed by atoms with Gasteiger partial charge < -0.3 is 19.7 Å². The maximum Gasteiger partial charge on any atom is 0.347 e. The molecule has 152 valence electrons. The fourth-order valence-corrected chi connectivity index (χ4v) is 4.10. The number of aliphatic hydroxyl groups excluding tert-OH is 1. The van der Waals surface area contributed by atoms with Crippen LogP contribution in [0.1, 0.15) is 22.9 Å². The van der Waals surface area contributed by atoms with Crippen molar-refractivity contribution in [2.24, 2.45) is 0 Å². The molecule has 2 aliphatic rings. The van der Waals surface area contributed by atoms with Crippen molar-refractivity contribution in [1.82, 2.24) is 9.55 Å². The van der Waals surface area contributed by atoms with Crippen molar-refractivity contribution in [3.63, 3.8) is 0 Å². The second kappa shape index (κ2) is 6.60. The van der Waals surface area contributed by atoms with Gasteiger partial charge in [0.05, 0.1) is 35.7 Å². The number of hydrogen-bond donors (Lipinski definition) is 2. The second-order valence-electron chi connectivity index (χ2n) is 7.21. The third-order valence-electron chi connectivity index (χ3n) is 5.57. The number of nitrogens with zero attached hydrogens (tertiary/aromatic N) is 2. The molecule has 0 fully saturated rings. The van der Waals surface area contributed by atoms with E-state index < -0.39 is 23.4 Å². The zero-order chi connectivity index (χ0) is 21.0. The number of rotatable bonds is 4. The Labute approximate surface area is 170 Å². The average molecular weight is 406 g/mol. The minimum absolute atomic E-state index is 0.0193. The smallest absolute Gasteiger partial charge is 0.347 e. The molecule has 0 amide bonds. The van der Waals surface area contributed by atoms with Crippen LogP contribution < -0.4 is 5.56 Å². The van der Waals surface area contributed by atoms with Crippen molar-refractivity contribution in [3.05, 3.63) is 76.1 Å². The Kier molecular flexibility index (Phi) is 4.11. The Morgan fingerprint density at radius 1 is 1.33 bits per heavy atom. The normalized spacial score (nSPS) is 21.7. The molecule has 2 N–H and O–H groups in total. The van der Waals surface area contributed by atoms with E-state index in [1.54, 1.807) is 6.07 Å². The molecule has 30 heavy (non-hydrogen) atoms. The number of aliphatic hydroxyl groups is 2. The summed E-state index contributed by atoms with van der Waals surface area (Å²) in [6.45, 7) is 3.09. The van der Waals surface area contributed by atoms with E-state index in [0.717, 1.165) is 17.0 Å². The van der Waals surface area contributed by atoms with Gasteiger partial charge in [-0.3, -0.25) is 9.36 Å². The number of benzene rings is 1. The van der Waals surface area contributed by atoms with Crippen LogP contribution in [0.15, 0.2) is 53.8 Å². The average Bonchev–Trinajstić information content (AvgIpc) is 3.06. The Bertz CT molecular complexity index is 1280. The number of pyridine rings is 2. The van der Waals surface area contributed by atoms with Crippen LogP contribution >= 0.6 is 0 Å². The number of aromatic nitrogens is 2. The van der Waals surface area contributed by atoms with Gasteiger partial charge in [-0.15, -0.1) is 0 Å². The molecule has 0 saturated carbocycles. The van der Waals surface area contributed by atoms with E-state index in [-0.39, 0.29) is 30.9 Å². The summed E-state index contributed by atoms with van der Waals surface area (Å²) in [5, 5.41) is 21.0. The first kappa shape index (κ1) is 18.7. The molecule has 4 heterocycles. The molecule has 8 heteroatoms. The molecule has 0 aliphatic carbocycles. The zero-order valence-corrected chi connectivity index (χ0v) is 15.9. The molecule has 3 aromatic rings. The quantitative estimate of drug-likeness (QED) is 0.497. The van der Waals surface area contributed by atoms with Crippen LogP contribution in [0, 0.1) is 0 Å². The highest BCUT2D eigenvalue weighted by atomic mass is 16.6. The summed E-state index contributed by atoms with van der Waals surface area (Å²) in [4.78, 5) is 30.3. The number of fused-ring (bicyclic) bond motifs is 5. The van der Waals surface area contributed by atoms with E-state index in [2.05, 4.69) is 6.58 Å². The molecular formula is C22H18N2O6. The highest BCUT2D eigenvalue weighted by molar-refractivity contribution is 5.87. The van der Waals surface area contributed by atoms with E-state index >= 15 is 0 Å². The maximum absolute atomic E-state index is 13.4. The topological polar surface area (TPSA) is 111 Å². The van der Waals surface area contributed by atoms with Crippen molar-refractivity contribution < 1.29 is 24.5 Å². The highest BCUT2D eigenvalue weighted by Gasteiger charge is 2.45. The predicted octanol–water partition coefficient (Wildman–Crippen LogP) is 1.36. The predicted molar refractivity (Wildman–Crippen MR) is 107 cm³/mol. The lowest BCUT2D eigenvalue weighted by atomic mass is 9.88. The molecule has 0 bridgehead atoms. The fourth-order valence-electron chi connectivity index (χ4n) is 4.10. The van der Waals surface area contributed by atoms with Gasteiger partial charge in [-0.1, -0.05) is 24.8 Å². The summed E-state index contributed by atoms with van der Waals surface area (Å²) in [6.07, 6.45) is 0.263. The Morgan fingerprint density at radius 2 is 2.13 bits per heavy atom. The van der Waals surface area contributed by atoms with Gasteiger partial charge in [0.15, 0.2) is 6.23 Å². The number of para-hydroxylation sites is 1. The first-order valence-corrected chi connectivity index (χ1v) is 9.44. The second-order valence-corrected chi connectivity index (χ2v) is 7.21. The van der Waals surface area contributed by atoms with Crippen LogP contribution in [0.3, 0.4) is 0 Å². The minimum Gasteiger partial charge on any atom is -0.458 e. The molecule has 0 saturated heterocycles. The van der Waals surface area contributed by atoms with E-state index in [9.17, 15) is 19.8 Å². The molecular weight excluding hydrogens is 388 g/mol. The monoisotopic (exact) mass is 406 g/mol. The van der Waals surface area contributed by atoms with E-state index in [0.29, 0.717) is 17.0 Å². The molecule has 1 aromatic carbocycles.